The molecule has 5 heteroatoms. The standard InChI is InChI=1S/C10H16O4S/c1-2-3-4-9(10(11)12)8-5-6-15(13,14)7-8/h2,8-9H,1,3-7H2,(H,11,12). The summed E-state index contributed by atoms with van der Waals surface area (Å²) >= 11 is 0. The number of hydrogen-bond donors (Lipinski definition) is 1. The van der Waals surface area contributed by atoms with Crippen LogP contribution in [0.5, 0.6) is 0 Å². The quantitative estimate of drug-likeness (QED) is 0.720. The summed E-state index contributed by atoms with van der Waals surface area (Å²) in [6, 6.07) is 0. The van der Waals surface area contributed by atoms with Crippen molar-refractivity contribution in [2.45, 2.75) is 19.3 Å². The van der Waals surface area contributed by atoms with Gasteiger partial charge in [0, 0.05) is 0 Å². The van der Waals surface area contributed by atoms with E-state index in [0.29, 0.717) is 19.3 Å². The minimum Gasteiger partial charge on any atom is -0.481 e. The lowest BCUT2D eigenvalue weighted by Gasteiger charge is -2.16. The molecular formula is C10H16O4S. The highest BCUT2D eigenvalue weighted by atomic mass is 32.2. The zero-order valence-corrected chi connectivity index (χ0v) is 9.37. The number of hydrogen-bond acceptors (Lipinski definition) is 3. The summed E-state index contributed by atoms with van der Waals surface area (Å²) in [5, 5.41) is 9.00. The Morgan fingerprint density at radius 1 is 1.60 bits per heavy atom. The number of aliphatic carboxylic acids is 1. The van der Waals surface area contributed by atoms with Crippen molar-refractivity contribution in [3.05, 3.63) is 12.7 Å². The lowest BCUT2D eigenvalue weighted by atomic mass is 9.88. The molecule has 1 rings (SSSR count). The van der Waals surface area contributed by atoms with E-state index >= 15 is 0 Å². The third-order valence-electron chi connectivity index (χ3n) is 2.84. The normalized spacial score (nSPS) is 26.0. The maximum atomic E-state index is 11.2. The van der Waals surface area contributed by atoms with E-state index in [4.69, 9.17) is 5.11 Å². The highest BCUT2D eigenvalue weighted by molar-refractivity contribution is 7.91. The van der Waals surface area contributed by atoms with Crippen LogP contribution >= 0.6 is 0 Å². The molecule has 86 valence electrons. The molecule has 0 aliphatic carbocycles. The first-order valence-electron chi connectivity index (χ1n) is 5.00. The minimum atomic E-state index is -2.99. The molecule has 1 N–H and O–H groups in total. The molecule has 0 aromatic rings. The van der Waals surface area contributed by atoms with E-state index in [2.05, 4.69) is 6.58 Å². The van der Waals surface area contributed by atoms with Crippen molar-refractivity contribution in [3.8, 4) is 0 Å². The maximum Gasteiger partial charge on any atom is 0.306 e. The average molecular weight is 232 g/mol. The van der Waals surface area contributed by atoms with Crippen LogP contribution in [0.1, 0.15) is 19.3 Å². The van der Waals surface area contributed by atoms with Gasteiger partial charge in [0.25, 0.3) is 0 Å². The van der Waals surface area contributed by atoms with E-state index in [1.165, 1.54) is 0 Å². The Balaban J connectivity index is 2.65. The molecule has 15 heavy (non-hydrogen) atoms. The van der Waals surface area contributed by atoms with Gasteiger partial charge in [-0.1, -0.05) is 6.08 Å². The maximum absolute atomic E-state index is 11.2. The molecule has 2 atom stereocenters. The fourth-order valence-corrected chi connectivity index (χ4v) is 3.88. The molecule has 0 spiro atoms. The fraction of sp³-hybridized carbons (Fsp3) is 0.700. The molecule has 4 nitrogen and oxygen atoms in total. The highest BCUT2D eigenvalue weighted by Gasteiger charge is 2.36. The van der Waals surface area contributed by atoms with Gasteiger partial charge >= 0.3 is 5.97 Å². The summed E-state index contributed by atoms with van der Waals surface area (Å²) in [7, 11) is -2.99. The average Bonchev–Trinajstić information content (AvgIpc) is 2.46. The summed E-state index contributed by atoms with van der Waals surface area (Å²) in [4.78, 5) is 11.0. The first-order valence-corrected chi connectivity index (χ1v) is 6.82. The number of sulfone groups is 1. The molecule has 0 amide bonds. The number of allylic oxidation sites excluding steroid dienone is 1. The van der Waals surface area contributed by atoms with Gasteiger partial charge in [-0.25, -0.2) is 8.42 Å². The SMILES string of the molecule is C=CCCC(C(=O)O)C1CCS(=O)(=O)C1. The zero-order chi connectivity index (χ0) is 11.5. The molecule has 2 unspecified atom stereocenters. The second-order valence-corrected chi connectivity index (χ2v) is 6.20. The van der Waals surface area contributed by atoms with Crippen LogP contribution in [0.15, 0.2) is 12.7 Å². The van der Waals surface area contributed by atoms with Gasteiger partial charge in [0.2, 0.25) is 0 Å². The monoisotopic (exact) mass is 232 g/mol. The Morgan fingerprint density at radius 2 is 2.27 bits per heavy atom. The fourth-order valence-electron chi connectivity index (χ4n) is 2.00. The third-order valence-corrected chi connectivity index (χ3v) is 4.63. The summed E-state index contributed by atoms with van der Waals surface area (Å²) in [6.45, 7) is 3.54. The van der Waals surface area contributed by atoms with E-state index in [0.717, 1.165) is 0 Å². The highest BCUT2D eigenvalue weighted by Crippen LogP contribution is 2.29. The van der Waals surface area contributed by atoms with E-state index < -0.39 is 21.7 Å². The minimum absolute atomic E-state index is 0.0289. The Morgan fingerprint density at radius 3 is 2.67 bits per heavy atom. The van der Waals surface area contributed by atoms with Crippen molar-refractivity contribution in [2.24, 2.45) is 11.8 Å². The molecule has 1 aliphatic heterocycles. The lowest BCUT2D eigenvalue weighted by molar-refractivity contribution is -0.143. The van der Waals surface area contributed by atoms with Gasteiger partial charge in [-0.05, 0) is 25.2 Å². The number of rotatable bonds is 5. The molecule has 0 bridgehead atoms. The van der Waals surface area contributed by atoms with Crippen LogP contribution in [-0.2, 0) is 14.6 Å². The molecule has 1 aliphatic rings. The Hall–Kier alpha value is -0.840. The van der Waals surface area contributed by atoms with Crippen molar-refractivity contribution < 1.29 is 18.3 Å². The van der Waals surface area contributed by atoms with Crippen molar-refractivity contribution in [1.29, 1.82) is 0 Å². The van der Waals surface area contributed by atoms with Gasteiger partial charge in [0.15, 0.2) is 9.84 Å². The van der Waals surface area contributed by atoms with Crippen LogP contribution in [0.2, 0.25) is 0 Å². The summed E-state index contributed by atoms with van der Waals surface area (Å²) in [6.07, 6.45) is 3.25. The second-order valence-electron chi connectivity index (χ2n) is 3.97. The molecule has 1 fully saturated rings. The van der Waals surface area contributed by atoms with E-state index in [-0.39, 0.29) is 17.4 Å². The molecule has 1 saturated heterocycles. The molecular weight excluding hydrogens is 216 g/mol. The largest absolute Gasteiger partial charge is 0.481 e. The van der Waals surface area contributed by atoms with Gasteiger partial charge < -0.3 is 5.11 Å². The molecule has 0 aromatic carbocycles. The van der Waals surface area contributed by atoms with Crippen LogP contribution in [0.4, 0.5) is 0 Å². The molecule has 0 radical (unpaired) electrons. The first kappa shape index (κ1) is 12.2. The predicted molar refractivity (Wildman–Crippen MR) is 57.3 cm³/mol. The van der Waals surface area contributed by atoms with E-state index in [9.17, 15) is 13.2 Å². The lowest BCUT2D eigenvalue weighted by Crippen LogP contribution is -2.24. The van der Waals surface area contributed by atoms with Gasteiger partial charge in [-0.15, -0.1) is 6.58 Å². The smallest absolute Gasteiger partial charge is 0.306 e. The van der Waals surface area contributed by atoms with Gasteiger partial charge in [0.1, 0.15) is 0 Å². The van der Waals surface area contributed by atoms with Crippen molar-refractivity contribution in [2.75, 3.05) is 11.5 Å². The van der Waals surface area contributed by atoms with Gasteiger partial charge in [0.05, 0.1) is 17.4 Å². The van der Waals surface area contributed by atoms with Crippen LogP contribution in [0.25, 0.3) is 0 Å². The molecule has 0 saturated carbocycles. The zero-order valence-electron chi connectivity index (χ0n) is 8.55. The Bertz CT molecular complexity index is 344. The van der Waals surface area contributed by atoms with Crippen LogP contribution in [-0.4, -0.2) is 31.0 Å². The van der Waals surface area contributed by atoms with Gasteiger partial charge in [-0.3, -0.25) is 4.79 Å². The van der Waals surface area contributed by atoms with Crippen molar-refractivity contribution in [1.82, 2.24) is 0 Å². The summed E-state index contributed by atoms with van der Waals surface area (Å²) in [5.41, 5.74) is 0. The number of carbonyl (C=O) groups is 1. The topological polar surface area (TPSA) is 71.4 Å². The van der Waals surface area contributed by atoms with E-state index in [1.807, 2.05) is 0 Å². The van der Waals surface area contributed by atoms with Gasteiger partial charge in [-0.2, -0.15) is 0 Å². The molecule has 0 aromatic heterocycles. The third kappa shape index (κ3) is 3.34. The Labute approximate surface area is 89.9 Å². The number of carboxylic acids is 1. The first-order chi connectivity index (χ1) is 6.96. The number of carboxylic acid groups (broad SMARTS) is 1. The Kier molecular flexibility index (Phi) is 3.90. The summed E-state index contributed by atoms with van der Waals surface area (Å²) in [5.74, 6) is -1.48. The van der Waals surface area contributed by atoms with Crippen molar-refractivity contribution >= 4 is 15.8 Å². The predicted octanol–water partition coefficient (Wildman–Crippen LogP) is 1.09. The van der Waals surface area contributed by atoms with Crippen LogP contribution < -0.4 is 0 Å². The van der Waals surface area contributed by atoms with Crippen molar-refractivity contribution in [3.63, 3.8) is 0 Å². The van der Waals surface area contributed by atoms with Crippen LogP contribution in [0.3, 0.4) is 0 Å². The molecule has 1 heterocycles. The van der Waals surface area contributed by atoms with E-state index in [1.54, 1.807) is 6.08 Å². The second kappa shape index (κ2) is 4.79. The van der Waals surface area contributed by atoms with Crippen LogP contribution in [0, 0.1) is 11.8 Å². The summed E-state index contributed by atoms with van der Waals surface area (Å²) < 4.78 is 22.5.